The average molecular weight is 612 g/mol. The number of benzene rings is 3. The number of fused-ring (bicyclic) bond motifs is 1. The van der Waals surface area contributed by atoms with Crippen LogP contribution in [0.3, 0.4) is 0 Å². The maximum absolute atomic E-state index is 13.4. The molecule has 0 unspecified atom stereocenters. The summed E-state index contributed by atoms with van der Waals surface area (Å²) in [7, 11) is 2.16. The summed E-state index contributed by atoms with van der Waals surface area (Å²) in [5.74, 6) is 0.640. The third-order valence-electron chi connectivity index (χ3n) is 8.49. The van der Waals surface area contributed by atoms with Crippen LogP contribution in [0.1, 0.15) is 50.2 Å². The zero-order chi connectivity index (χ0) is 31.4. The van der Waals surface area contributed by atoms with E-state index < -0.39 is 0 Å². The highest BCUT2D eigenvalue weighted by atomic mass is 16.5. The molecule has 2 saturated heterocycles. The number of anilines is 2. The Balaban J connectivity index is 0.000000729. The molecule has 0 bridgehead atoms. The van der Waals surface area contributed by atoms with Crippen LogP contribution >= 0.6 is 0 Å². The van der Waals surface area contributed by atoms with E-state index >= 15 is 0 Å². The fraction of sp³-hybridized carbons (Fsp3) is 0.405. The number of nitrogens with zero attached hydrogens (tertiary/aromatic N) is 2. The molecule has 0 aliphatic carbocycles. The molecule has 0 atom stereocenters. The minimum absolute atomic E-state index is 0.161. The zero-order valence-electron chi connectivity index (χ0n) is 26.5. The molecule has 238 valence electrons. The van der Waals surface area contributed by atoms with Gasteiger partial charge < -0.3 is 24.4 Å². The van der Waals surface area contributed by atoms with E-state index in [-0.39, 0.29) is 5.91 Å². The van der Waals surface area contributed by atoms with E-state index in [2.05, 4.69) is 29.4 Å². The van der Waals surface area contributed by atoms with Gasteiger partial charge in [0.2, 0.25) is 6.41 Å². The third-order valence-corrected chi connectivity index (χ3v) is 8.49. The number of amides is 2. The van der Waals surface area contributed by atoms with Crippen LogP contribution < -0.4 is 15.0 Å². The number of carbonyl (C=O) groups is 2. The fourth-order valence-electron chi connectivity index (χ4n) is 5.95. The maximum atomic E-state index is 13.4. The predicted octanol–water partition coefficient (Wildman–Crippen LogP) is 6.55. The van der Waals surface area contributed by atoms with Crippen molar-refractivity contribution in [2.75, 3.05) is 56.8 Å². The van der Waals surface area contributed by atoms with Crippen molar-refractivity contribution >= 4 is 29.8 Å². The first-order chi connectivity index (χ1) is 22.1. The molecule has 3 aromatic rings. The number of nitrogens with one attached hydrogen (secondary N) is 1. The molecule has 2 fully saturated rings. The minimum atomic E-state index is -0.161. The van der Waals surface area contributed by atoms with Crippen LogP contribution in [0.15, 0.2) is 72.3 Å². The Morgan fingerprint density at radius 1 is 1.00 bits per heavy atom. The van der Waals surface area contributed by atoms with E-state index in [0.717, 1.165) is 86.0 Å². The summed E-state index contributed by atoms with van der Waals surface area (Å²) in [6.07, 6.45) is 7.86. The van der Waals surface area contributed by atoms with E-state index in [1.165, 1.54) is 18.4 Å². The summed E-state index contributed by atoms with van der Waals surface area (Å²) in [5.41, 5.74) is 6.13. The van der Waals surface area contributed by atoms with Crippen molar-refractivity contribution in [1.29, 1.82) is 0 Å². The van der Waals surface area contributed by atoms with E-state index in [4.69, 9.17) is 14.2 Å². The Hall–Kier alpha value is -3.98. The van der Waals surface area contributed by atoms with Gasteiger partial charge in [0.15, 0.2) is 0 Å². The second-order valence-electron chi connectivity index (χ2n) is 11.7. The van der Waals surface area contributed by atoms with Crippen molar-refractivity contribution in [3.05, 3.63) is 83.4 Å². The zero-order valence-corrected chi connectivity index (χ0v) is 26.5. The number of para-hydroxylation sites is 1. The lowest BCUT2D eigenvalue weighted by Gasteiger charge is -2.31. The number of hydrogen-bond acceptors (Lipinski definition) is 6. The van der Waals surface area contributed by atoms with Crippen molar-refractivity contribution in [1.82, 2.24) is 4.90 Å². The summed E-state index contributed by atoms with van der Waals surface area (Å²) in [5, 5.41) is 3.05. The largest absolute Gasteiger partial charge is 0.493 e. The van der Waals surface area contributed by atoms with Crippen molar-refractivity contribution < 1.29 is 23.8 Å². The molecule has 3 aliphatic heterocycles. The van der Waals surface area contributed by atoms with Gasteiger partial charge in [-0.15, -0.1) is 0 Å². The molecule has 0 spiro atoms. The Labute approximate surface area is 267 Å². The first kappa shape index (κ1) is 32.4. The highest BCUT2D eigenvalue weighted by Gasteiger charge is 2.21. The lowest BCUT2D eigenvalue weighted by Crippen LogP contribution is -2.36. The summed E-state index contributed by atoms with van der Waals surface area (Å²) in [6, 6.07) is 22.4. The smallest absolute Gasteiger partial charge is 0.251 e. The predicted molar refractivity (Wildman–Crippen MR) is 179 cm³/mol. The van der Waals surface area contributed by atoms with Gasteiger partial charge in [0.25, 0.3) is 5.91 Å². The molecule has 3 aliphatic rings. The van der Waals surface area contributed by atoms with Gasteiger partial charge in [-0.3, -0.25) is 14.5 Å². The molecular weight excluding hydrogens is 566 g/mol. The van der Waals surface area contributed by atoms with Crippen LogP contribution in [0, 0.1) is 0 Å². The lowest BCUT2D eigenvalue weighted by molar-refractivity contribution is -0.113. The van der Waals surface area contributed by atoms with Crippen molar-refractivity contribution in [3.8, 4) is 16.9 Å². The topological polar surface area (TPSA) is 80.3 Å². The molecule has 8 nitrogen and oxygen atoms in total. The van der Waals surface area contributed by atoms with Crippen LogP contribution in [0.25, 0.3) is 17.2 Å². The van der Waals surface area contributed by atoms with Crippen LogP contribution in [-0.4, -0.2) is 69.9 Å². The molecule has 8 heteroatoms. The van der Waals surface area contributed by atoms with Gasteiger partial charge in [-0.1, -0.05) is 36.4 Å². The summed E-state index contributed by atoms with van der Waals surface area (Å²) < 4.78 is 16.3. The number of carbonyl (C=O) groups excluding carboxylic acids is 2. The van der Waals surface area contributed by atoms with Gasteiger partial charge in [0, 0.05) is 62.4 Å². The van der Waals surface area contributed by atoms with Crippen LogP contribution in [0.5, 0.6) is 5.75 Å². The first-order valence-electron chi connectivity index (χ1n) is 16.1. The molecule has 0 aromatic heterocycles. The normalized spacial score (nSPS) is 16.6. The van der Waals surface area contributed by atoms with Crippen LogP contribution in [0.2, 0.25) is 0 Å². The van der Waals surface area contributed by atoms with Gasteiger partial charge in [-0.05, 0) is 99.2 Å². The molecule has 2 amide bonds. The van der Waals surface area contributed by atoms with Crippen molar-refractivity contribution in [2.45, 2.75) is 51.6 Å². The van der Waals surface area contributed by atoms with E-state index in [0.29, 0.717) is 31.2 Å². The van der Waals surface area contributed by atoms with Crippen molar-refractivity contribution in [3.63, 3.8) is 0 Å². The number of hydrogen-bond donors (Lipinski definition) is 1. The molecule has 3 heterocycles. The number of rotatable bonds is 9. The molecular formula is C37H45N3O5. The molecule has 0 radical (unpaired) electrons. The highest BCUT2D eigenvalue weighted by molar-refractivity contribution is 6.08. The standard InChI is InChI=1S/C33H37N3O4.C4H8O/c1-3-40-32-7-5-4-6-30(32)25-10-13-31-27(20-25)21-26(14-17-36(31)23-37)33(38)34-28-11-8-24(9-12-28)22-35(2)29-15-18-39-19-16-29;1-2-4-5-3-1/h4-13,20-21,23,29H,3,14-19,22H2,1-2H3,(H,34,38);1-4H2. The van der Waals surface area contributed by atoms with Crippen LogP contribution in [-0.2, 0) is 25.6 Å². The minimum Gasteiger partial charge on any atom is -0.493 e. The molecule has 1 N–H and O–H groups in total. The number of ether oxygens (including phenoxy) is 3. The van der Waals surface area contributed by atoms with Gasteiger partial charge in [-0.2, -0.15) is 0 Å². The third kappa shape index (κ3) is 8.81. The van der Waals surface area contributed by atoms with E-state index in [9.17, 15) is 9.59 Å². The van der Waals surface area contributed by atoms with Gasteiger partial charge in [0.05, 0.1) is 12.3 Å². The Bertz CT molecular complexity index is 1440. The van der Waals surface area contributed by atoms with E-state index in [1.807, 2.05) is 67.6 Å². The Kier molecular flexibility index (Phi) is 11.8. The van der Waals surface area contributed by atoms with Gasteiger partial charge in [-0.25, -0.2) is 0 Å². The van der Waals surface area contributed by atoms with Crippen molar-refractivity contribution in [2.24, 2.45) is 0 Å². The Morgan fingerprint density at radius 2 is 1.73 bits per heavy atom. The SMILES string of the molecule is C1CCOC1.CCOc1ccccc1-c1ccc2c(c1)C=C(C(=O)Nc1ccc(CN(C)C3CCOCC3)cc1)CCN2C=O. The molecule has 0 saturated carbocycles. The Morgan fingerprint density at radius 3 is 2.42 bits per heavy atom. The highest BCUT2D eigenvalue weighted by Crippen LogP contribution is 2.35. The molecule has 45 heavy (non-hydrogen) atoms. The van der Waals surface area contributed by atoms with E-state index in [1.54, 1.807) is 4.90 Å². The quantitative estimate of drug-likeness (QED) is 0.277. The fourth-order valence-corrected chi connectivity index (χ4v) is 5.95. The van der Waals surface area contributed by atoms with Gasteiger partial charge >= 0.3 is 0 Å². The molecule has 3 aromatic carbocycles. The monoisotopic (exact) mass is 611 g/mol. The first-order valence-corrected chi connectivity index (χ1v) is 16.1. The van der Waals surface area contributed by atoms with Crippen LogP contribution in [0.4, 0.5) is 11.4 Å². The average Bonchev–Trinajstić information content (AvgIpc) is 3.61. The molecule has 6 rings (SSSR count). The second kappa shape index (κ2) is 16.4. The summed E-state index contributed by atoms with van der Waals surface area (Å²) in [6.45, 7) is 7.47. The maximum Gasteiger partial charge on any atom is 0.251 e. The lowest BCUT2D eigenvalue weighted by atomic mass is 9.99. The summed E-state index contributed by atoms with van der Waals surface area (Å²) in [4.78, 5) is 29.3. The summed E-state index contributed by atoms with van der Waals surface area (Å²) >= 11 is 0. The van der Waals surface area contributed by atoms with Gasteiger partial charge in [0.1, 0.15) is 5.75 Å². The second-order valence-corrected chi connectivity index (χ2v) is 11.7.